The van der Waals surface area contributed by atoms with Crippen LogP contribution < -0.4 is 10.6 Å². The van der Waals surface area contributed by atoms with Gasteiger partial charge in [0.2, 0.25) is 0 Å². The van der Waals surface area contributed by atoms with Crippen molar-refractivity contribution in [1.82, 2.24) is 19.5 Å². The molecule has 0 atom stereocenters. The second kappa shape index (κ2) is 10.5. The van der Waals surface area contributed by atoms with Crippen molar-refractivity contribution in [3.63, 3.8) is 0 Å². The number of nitrogens with zero attached hydrogens (tertiary/aromatic N) is 6. The molecule has 7 heteroatoms. The molecule has 7 nitrogen and oxygen atoms in total. The first kappa shape index (κ1) is 24.7. The average Bonchev–Trinajstić information content (AvgIpc) is 3.63. The van der Waals surface area contributed by atoms with Crippen LogP contribution in [0.4, 0.5) is 17.2 Å². The van der Waals surface area contributed by atoms with Gasteiger partial charge in [0.25, 0.3) is 0 Å². The molecular weight excluding hydrogens is 458 g/mol. The topological polar surface area (TPSA) is 85.2 Å². The highest BCUT2D eigenvalue weighted by Gasteiger charge is 2.28. The van der Waals surface area contributed by atoms with E-state index in [9.17, 15) is 0 Å². The van der Waals surface area contributed by atoms with Crippen molar-refractivity contribution >= 4 is 39.9 Å². The minimum absolute atomic E-state index is 0.366. The number of para-hydroxylation sites is 1. The van der Waals surface area contributed by atoms with E-state index >= 15 is 0 Å². The monoisotopic (exact) mass is 493 g/mol. The number of hydrogen-bond acceptors (Lipinski definition) is 6. The summed E-state index contributed by atoms with van der Waals surface area (Å²) in [6.45, 7) is 11.4. The number of aryl methyl sites for hydroxylation is 2. The average molecular weight is 494 g/mol. The molecule has 1 aliphatic carbocycles. The smallest absolute Gasteiger partial charge is 0.165 e. The Morgan fingerprint density at radius 2 is 1.78 bits per heavy atom. The first-order valence-electron chi connectivity index (χ1n) is 13.1. The van der Waals surface area contributed by atoms with Crippen LogP contribution in [0.2, 0.25) is 0 Å². The van der Waals surface area contributed by atoms with Crippen molar-refractivity contribution in [2.75, 3.05) is 10.6 Å². The van der Waals surface area contributed by atoms with Crippen LogP contribution in [0.5, 0.6) is 0 Å². The Bertz CT molecular complexity index is 1460. The summed E-state index contributed by atoms with van der Waals surface area (Å²) in [6, 6.07) is 14.4. The molecule has 4 aromatic rings. The van der Waals surface area contributed by atoms with E-state index in [2.05, 4.69) is 65.4 Å². The molecule has 2 aromatic heterocycles. The summed E-state index contributed by atoms with van der Waals surface area (Å²) in [4.78, 5) is 19.9. The minimum atomic E-state index is 0.366. The Labute approximate surface area is 218 Å². The number of benzene rings is 2. The van der Waals surface area contributed by atoms with Crippen molar-refractivity contribution < 1.29 is 0 Å². The lowest BCUT2D eigenvalue weighted by Gasteiger charge is -2.34. The molecule has 2 N–H and O–H groups in total. The number of aliphatic imine (C=N–C) groups is 1. The van der Waals surface area contributed by atoms with Crippen LogP contribution in [0, 0.1) is 19.8 Å². The first-order valence-corrected chi connectivity index (χ1v) is 13.1. The van der Waals surface area contributed by atoms with Crippen molar-refractivity contribution in [3.05, 3.63) is 78.4 Å². The molecular formula is C30H35N7. The van der Waals surface area contributed by atoms with Gasteiger partial charge in [-0.1, -0.05) is 75.9 Å². The van der Waals surface area contributed by atoms with Crippen molar-refractivity contribution in [2.24, 2.45) is 10.9 Å². The van der Waals surface area contributed by atoms with E-state index < -0.39 is 0 Å². The summed E-state index contributed by atoms with van der Waals surface area (Å²) in [5.74, 6) is 2.36. The van der Waals surface area contributed by atoms with Crippen LogP contribution in [0.25, 0.3) is 16.9 Å². The van der Waals surface area contributed by atoms with Gasteiger partial charge in [-0.25, -0.2) is 19.9 Å². The Morgan fingerprint density at radius 3 is 2.54 bits per heavy atom. The van der Waals surface area contributed by atoms with Gasteiger partial charge in [-0.05, 0) is 43.0 Å². The van der Waals surface area contributed by atoms with Gasteiger partial charge < -0.3 is 10.3 Å². The maximum absolute atomic E-state index is 5.96. The van der Waals surface area contributed by atoms with Crippen LogP contribution in [-0.2, 0) is 6.54 Å². The Balaban J connectivity index is 0.000000348. The number of unbranched alkanes of at least 4 members (excludes halogenated alkanes) is 1. The number of nitrogen functional groups attached to an aromatic ring is 1. The maximum atomic E-state index is 5.96. The van der Waals surface area contributed by atoms with Gasteiger partial charge in [-0.3, -0.25) is 4.90 Å². The molecule has 0 saturated heterocycles. The van der Waals surface area contributed by atoms with Gasteiger partial charge in [0.05, 0.1) is 24.2 Å². The van der Waals surface area contributed by atoms with Crippen molar-refractivity contribution in [3.8, 4) is 0 Å². The van der Waals surface area contributed by atoms with Crippen LogP contribution in [0.1, 0.15) is 55.7 Å². The van der Waals surface area contributed by atoms with E-state index in [1.165, 1.54) is 38.4 Å². The maximum Gasteiger partial charge on any atom is 0.165 e. The van der Waals surface area contributed by atoms with Gasteiger partial charge in [0.1, 0.15) is 17.7 Å². The number of hydrogen-bond donors (Lipinski definition) is 1. The number of nitrogens with two attached hydrogens (primary N) is 1. The number of amidine groups is 1. The molecule has 6 rings (SSSR count). The third-order valence-corrected chi connectivity index (χ3v) is 7.08. The molecule has 1 saturated carbocycles. The number of aromatic nitrogens is 4. The van der Waals surface area contributed by atoms with Gasteiger partial charge in [-0.15, -0.1) is 0 Å². The fraction of sp³-hybridized carbons (Fsp3) is 0.333. The highest BCUT2D eigenvalue weighted by Crippen LogP contribution is 2.39. The standard InChI is InChI=1S/C23H21N7.C7H14/c1-14-7-4-5-10-18(14)30-16(3)20-15(2)8-6-9-17(20)28-19(30)11-29-13-27-21-22(24)25-12-26-23(21)29;1-2-3-4-7-5-6-7/h4-10,12-13H,3,11H2,1-2H3,(H2,24,25,26);7H,2-6H2,1H3. The highest BCUT2D eigenvalue weighted by atomic mass is 15.3. The second-order valence-corrected chi connectivity index (χ2v) is 9.95. The van der Waals surface area contributed by atoms with Crippen LogP contribution in [0.15, 0.2) is 66.7 Å². The number of fused-ring (bicyclic) bond motifs is 2. The van der Waals surface area contributed by atoms with Crippen LogP contribution in [-0.4, -0.2) is 25.4 Å². The zero-order valence-corrected chi connectivity index (χ0v) is 22.0. The largest absolute Gasteiger partial charge is 0.382 e. The summed E-state index contributed by atoms with van der Waals surface area (Å²) >= 11 is 0. The van der Waals surface area contributed by atoms with Gasteiger partial charge in [0, 0.05) is 11.3 Å². The SMILES string of the molecule is C=C1c2c(C)cccc2N=C(Cn2cnc3c(N)ncnc32)N1c1ccccc1C.CCCCC1CC1. The van der Waals surface area contributed by atoms with Crippen LogP contribution >= 0.6 is 0 Å². The number of imidazole rings is 1. The minimum Gasteiger partial charge on any atom is -0.382 e. The fourth-order valence-electron chi connectivity index (χ4n) is 4.85. The van der Waals surface area contributed by atoms with Gasteiger partial charge in [-0.2, -0.15) is 0 Å². The zero-order valence-electron chi connectivity index (χ0n) is 22.0. The molecule has 37 heavy (non-hydrogen) atoms. The summed E-state index contributed by atoms with van der Waals surface area (Å²) in [7, 11) is 0. The molecule has 0 bridgehead atoms. The summed E-state index contributed by atoms with van der Waals surface area (Å²) < 4.78 is 1.94. The van der Waals surface area contributed by atoms with E-state index in [1.807, 2.05) is 28.8 Å². The molecule has 0 unspecified atom stereocenters. The number of anilines is 2. The lowest BCUT2D eigenvalue weighted by Crippen LogP contribution is -2.35. The molecule has 190 valence electrons. The molecule has 0 spiro atoms. The molecule has 0 radical (unpaired) electrons. The molecule has 0 amide bonds. The Morgan fingerprint density at radius 1 is 1.00 bits per heavy atom. The summed E-state index contributed by atoms with van der Waals surface area (Å²) in [5.41, 5.74) is 13.4. The molecule has 1 fully saturated rings. The van der Waals surface area contributed by atoms with Crippen LogP contribution in [0.3, 0.4) is 0 Å². The predicted octanol–water partition coefficient (Wildman–Crippen LogP) is 6.83. The molecule has 2 aromatic carbocycles. The van der Waals surface area contributed by atoms with E-state index in [0.29, 0.717) is 23.5 Å². The summed E-state index contributed by atoms with van der Waals surface area (Å²) in [6.07, 6.45) is 10.6. The summed E-state index contributed by atoms with van der Waals surface area (Å²) in [5, 5.41) is 0. The van der Waals surface area contributed by atoms with E-state index in [0.717, 1.165) is 45.5 Å². The number of rotatable bonds is 6. The Hall–Kier alpha value is -4.00. The third kappa shape index (κ3) is 5.12. The highest BCUT2D eigenvalue weighted by molar-refractivity contribution is 6.13. The predicted molar refractivity (Wildman–Crippen MR) is 153 cm³/mol. The molecule has 1 aliphatic heterocycles. The fourth-order valence-corrected chi connectivity index (χ4v) is 4.85. The quantitative estimate of drug-likeness (QED) is 0.318. The van der Waals surface area contributed by atoms with E-state index in [4.69, 9.17) is 10.7 Å². The van der Waals surface area contributed by atoms with Crippen molar-refractivity contribution in [2.45, 2.75) is 59.4 Å². The second-order valence-electron chi connectivity index (χ2n) is 9.95. The van der Waals surface area contributed by atoms with E-state index in [1.54, 1.807) is 6.33 Å². The lowest BCUT2D eigenvalue weighted by atomic mass is 10.00. The van der Waals surface area contributed by atoms with Gasteiger partial charge >= 0.3 is 0 Å². The Kier molecular flexibility index (Phi) is 7.04. The molecule has 3 heterocycles. The molecule has 2 aliphatic rings. The zero-order chi connectivity index (χ0) is 25.9. The van der Waals surface area contributed by atoms with Gasteiger partial charge in [0.15, 0.2) is 11.5 Å². The first-order chi connectivity index (χ1) is 18.0. The normalized spacial score (nSPS) is 14.7. The van der Waals surface area contributed by atoms with Crippen molar-refractivity contribution in [1.29, 1.82) is 0 Å². The van der Waals surface area contributed by atoms with E-state index in [-0.39, 0.29) is 0 Å². The third-order valence-electron chi connectivity index (χ3n) is 7.08. The lowest BCUT2D eigenvalue weighted by molar-refractivity contribution is 0.654.